The van der Waals surface area contributed by atoms with Crippen molar-refractivity contribution in [1.29, 1.82) is 0 Å². The van der Waals surface area contributed by atoms with Crippen LogP contribution >= 0.6 is 15.9 Å². The van der Waals surface area contributed by atoms with Crippen LogP contribution in [0.3, 0.4) is 0 Å². The molecule has 0 saturated carbocycles. The van der Waals surface area contributed by atoms with Crippen molar-refractivity contribution in [3.63, 3.8) is 0 Å². The molecule has 1 aromatic carbocycles. The normalized spacial score (nSPS) is 14.3. The van der Waals surface area contributed by atoms with Crippen LogP contribution in [0.1, 0.15) is 5.56 Å². The molecule has 6 nitrogen and oxygen atoms in total. The molecule has 5 rings (SSSR count). The van der Waals surface area contributed by atoms with Gasteiger partial charge in [-0.05, 0) is 52.3 Å². The number of benzene rings is 1. The van der Waals surface area contributed by atoms with Gasteiger partial charge in [-0.15, -0.1) is 0 Å². The summed E-state index contributed by atoms with van der Waals surface area (Å²) in [5.74, 6) is 2.84. The molecule has 162 valence electrons. The molecular formula is C21H18BrF3N4O2. The van der Waals surface area contributed by atoms with Gasteiger partial charge in [0, 0.05) is 5.56 Å². The molecular weight excluding hydrogens is 477 g/mol. The van der Waals surface area contributed by atoms with Crippen LogP contribution in [0.25, 0.3) is 11.3 Å². The van der Waals surface area contributed by atoms with Crippen LogP contribution in [0, 0.1) is 0 Å². The lowest BCUT2D eigenvalue weighted by Crippen LogP contribution is -2.19. The molecule has 0 aliphatic carbocycles. The van der Waals surface area contributed by atoms with Crippen molar-refractivity contribution in [3.05, 3.63) is 58.7 Å². The molecule has 2 N–H and O–H groups in total. The summed E-state index contributed by atoms with van der Waals surface area (Å²) < 4.78 is 49.7. The smallest absolute Gasteiger partial charge is 0.416 e. The Bertz CT molecular complexity index is 1080. The van der Waals surface area contributed by atoms with E-state index in [2.05, 4.69) is 36.5 Å². The van der Waals surface area contributed by atoms with Gasteiger partial charge in [-0.25, -0.2) is 9.97 Å². The Hall–Kier alpha value is -3.01. The summed E-state index contributed by atoms with van der Waals surface area (Å²) in [6.07, 6.45) is -4.36. The summed E-state index contributed by atoms with van der Waals surface area (Å²) in [7, 11) is 0. The number of aromatic nitrogens is 2. The van der Waals surface area contributed by atoms with Crippen molar-refractivity contribution in [2.24, 2.45) is 0 Å². The highest BCUT2D eigenvalue weighted by atomic mass is 79.9. The number of nitrogens with one attached hydrogen (secondary N) is 2. The molecule has 0 atom stereocenters. The fourth-order valence-electron chi connectivity index (χ4n) is 3.03. The van der Waals surface area contributed by atoms with Gasteiger partial charge >= 0.3 is 6.18 Å². The highest BCUT2D eigenvalue weighted by Gasteiger charge is 2.30. The number of pyridine rings is 2. The second-order valence-corrected chi connectivity index (χ2v) is 7.47. The SMILES string of the molecule is Brc1ccc2c(n1)NCCO2.FC(F)(F)c1cccc(-c2ccc3c(n2)NCCO3)c1. The molecule has 4 heterocycles. The Balaban J connectivity index is 0.000000177. The Morgan fingerprint density at radius 2 is 1.48 bits per heavy atom. The van der Waals surface area contributed by atoms with Crippen LogP contribution < -0.4 is 20.1 Å². The van der Waals surface area contributed by atoms with E-state index in [4.69, 9.17) is 9.47 Å². The topological polar surface area (TPSA) is 68.3 Å². The number of anilines is 2. The van der Waals surface area contributed by atoms with Crippen LogP contribution in [0.15, 0.2) is 53.1 Å². The molecule has 0 amide bonds. The second kappa shape index (κ2) is 9.01. The van der Waals surface area contributed by atoms with Crippen molar-refractivity contribution in [2.75, 3.05) is 36.9 Å². The average Bonchev–Trinajstić information content (AvgIpc) is 2.78. The lowest BCUT2D eigenvalue weighted by molar-refractivity contribution is -0.137. The van der Waals surface area contributed by atoms with E-state index in [0.29, 0.717) is 36.0 Å². The molecule has 10 heteroatoms. The summed E-state index contributed by atoms with van der Waals surface area (Å²) in [5, 5.41) is 6.20. The van der Waals surface area contributed by atoms with Gasteiger partial charge in [-0.2, -0.15) is 13.2 Å². The van der Waals surface area contributed by atoms with Crippen molar-refractivity contribution >= 4 is 27.6 Å². The third-order valence-corrected chi connectivity index (χ3v) is 4.91. The van der Waals surface area contributed by atoms with Crippen LogP contribution in [0.2, 0.25) is 0 Å². The lowest BCUT2D eigenvalue weighted by Gasteiger charge is -2.18. The van der Waals surface area contributed by atoms with E-state index in [-0.39, 0.29) is 0 Å². The Morgan fingerprint density at radius 1 is 0.839 bits per heavy atom. The van der Waals surface area contributed by atoms with Gasteiger partial charge in [0.05, 0.1) is 24.3 Å². The van der Waals surface area contributed by atoms with Crippen molar-refractivity contribution < 1.29 is 22.6 Å². The molecule has 3 aromatic rings. The van der Waals surface area contributed by atoms with Crippen molar-refractivity contribution in [1.82, 2.24) is 9.97 Å². The van der Waals surface area contributed by atoms with Gasteiger partial charge in [-0.1, -0.05) is 12.1 Å². The van der Waals surface area contributed by atoms with Crippen LogP contribution in [-0.2, 0) is 6.18 Å². The number of hydrogen-bond donors (Lipinski definition) is 2. The number of alkyl halides is 3. The third-order valence-electron chi connectivity index (χ3n) is 4.47. The minimum atomic E-state index is -4.36. The Kier molecular flexibility index (Phi) is 6.17. The molecule has 0 saturated heterocycles. The molecule has 0 fully saturated rings. The summed E-state index contributed by atoms with van der Waals surface area (Å²) in [6.45, 7) is 2.73. The van der Waals surface area contributed by atoms with Gasteiger partial charge in [-0.3, -0.25) is 0 Å². The number of nitrogens with zero attached hydrogens (tertiary/aromatic N) is 2. The average molecular weight is 495 g/mol. The molecule has 0 radical (unpaired) electrons. The van der Waals surface area contributed by atoms with Gasteiger partial charge < -0.3 is 20.1 Å². The van der Waals surface area contributed by atoms with Crippen LogP contribution in [0.5, 0.6) is 11.5 Å². The predicted molar refractivity (Wildman–Crippen MR) is 115 cm³/mol. The highest BCUT2D eigenvalue weighted by molar-refractivity contribution is 9.10. The lowest BCUT2D eigenvalue weighted by atomic mass is 10.1. The largest absolute Gasteiger partial charge is 0.488 e. The number of halogens is 4. The Morgan fingerprint density at radius 3 is 2.16 bits per heavy atom. The molecule has 0 bridgehead atoms. The van der Waals surface area contributed by atoms with Gasteiger partial charge in [0.1, 0.15) is 17.8 Å². The minimum Gasteiger partial charge on any atom is -0.488 e. The fourth-order valence-corrected chi connectivity index (χ4v) is 3.34. The first-order chi connectivity index (χ1) is 14.9. The van der Waals surface area contributed by atoms with E-state index in [1.807, 2.05) is 12.1 Å². The van der Waals surface area contributed by atoms with E-state index in [1.165, 1.54) is 6.07 Å². The van der Waals surface area contributed by atoms with E-state index in [0.717, 1.165) is 41.5 Å². The maximum Gasteiger partial charge on any atom is 0.416 e. The molecule has 0 spiro atoms. The second-order valence-electron chi connectivity index (χ2n) is 6.65. The zero-order chi connectivity index (χ0) is 21.8. The van der Waals surface area contributed by atoms with E-state index in [1.54, 1.807) is 18.2 Å². The number of ether oxygens (including phenoxy) is 2. The third kappa shape index (κ3) is 5.19. The van der Waals surface area contributed by atoms with Crippen LogP contribution in [-0.4, -0.2) is 36.3 Å². The highest BCUT2D eigenvalue weighted by Crippen LogP contribution is 2.33. The van der Waals surface area contributed by atoms with Gasteiger partial charge in [0.2, 0.25) is 0 Å². The van der Waals surface area contributed by atoms with Crippen molar-refractivity contribution in [2.45, 2.75) is 6.18 Å². The van der Waals surface area contributed by atoms with E-state index >= 15 is 0 Å². The maximum atomic E-state index is 12.7. The van der Waals surface area contributed by atoms with Gasteiger partial charge in [0.15, 0.2) is 23.1 Å². The molecule has 31 heavy (non-hydrogen) atoms. The molecule has 2 aliphatic heterocycles. The van der Waals surface area contributed by atoms with E-state index in [9.17, 15) is 13.2 Å². The summed E-state index contributed by atoms with van der Waals surface area (Å²) >= 11 is 3.28. The standard InChI is InChI=1S/C14H11F3N2O.C7H7BrN2O/c15-14(16,17)10-3-1-2-9(8-10)11-4-5-12-13(19-11)18-6-7-20-12;8-6-2-1-5-7(10-6)9-3-4-11-5/h1-5,8H,6-7H2,(H,18,19);1-2H,3-4H2,(H,9,10). The summed E-state index contributed by atoms with van der Waals surface area (Å²) in [4.78, 5) is 8.50. The van der Waals surface area contributed by atoms with Crippen LogP contribution in [0.4, 0.5) is 24.8 Å². The molecule has 0 unspecified atom stereocenters. The monoisotopic (exact) mass is 494 g/mol. The van der Waals surface area contributed by atoms with Gasteiger partial charge in [0.25, 0.3) is 0 Å². The first-order valence-corrected chi connectivity index (χ1v) is 10.3. The number of hydrogen-bond acceptors (Lipinski definition) is 6. The zero-order valence-electron chi connectivity index (χ0n) is 16.2. The van der Waals surface area contributed by atoms with E-state index < -0.39 is 11.7 Å². The predicted octanol–water partition coefficient (Wildman–Crippen LogP) is 5.22. The quantitative estimate of drug-likeness (QED) is 0.452. The molecule has 2 aliphatic rings. The Labute approximate surface area is 184 Å². The first kappa shape index (κ1) is 21.2. The fraction of sp³-hybridized carbons (Fsp3) is 0.238. The number of fused-ring (bicyclic) bond motifs is 2. The maximum absolute atomic E-state index is 12.7. The molecule has 2 aromatic heterocycles. The van der Waals surface area contributed by atoms with Crippen molar-refractivity contribution in [3.8, 4) is 22.8 Å². The zero-order valence-corrected chi connectivity index (χ0v) is 17.8. The minimum absolute atomic E-state index is 0.426. The first-order valence-electron chi connectivity index (χ1n) is 9.49. The summed E-state index contributed by atoms with van der Waals surface area (Å²) in [6, 6.07) is 12.3. The number of rotatable bonds is 1. The summed E-state index contributed by atoms with van der Waals surface area (Å²) in [5.41, 5.74) is 0.224.